The Morgan fingerprint density at radius 2 is 1.92 bits per heavy atom. The number of H-pyrrole nitrogens is 1. The molecule has 3 N–H and O–H groups in total. The number of ether oxygens (including phenoxy) is 2. The summed E-state index contributed by atoms with van der Waals surface area (Å²) in [6, 6.07) is 3.69. The van der Waals surface area contributed by atoms with Crippen LogP contribution in [0.3, 0.4) is 0 Å². The van der Waals surface area contributed by atoms with Gasteiger partial charge in [-0.2, -0.15) is 0 Å². The van der Waals surface area contributed by atoms with Crippen molar-refractivity contribution in [3.63, 3.8) is 0 Å². The summed E-state index contributed by atoms with van der Waals surface area (Å²) in [6.07, 6.45) is 7.05. The van der Waals surface area contributed by atoms with Crippen molar-refractivity contribution >= 4 is 23.6 Å². The molecule has 3 heterocycles. The first-order chi connectivity index (χ1) is 18.0. The van der Waals surface area contributed by atoms with Crippen LogP contribution in [-0.2, 0) is 22.4 Å². The molecule has 0 saturated carbocycles. The van der Waals surface area contributed by atoms with Crippen LogP contribution in [-0.4, -0.2) is 52.6 Å². The van der Waals surface area contributed by atoms with Gasteiger partial charge in [-0.15, -0.1) is 0 Å². The van der Waals surface area contributed by atoms with Crippen molar-refractivity contribution in [3.8, 4) is 16.9 Å². The molecule has 38 heavy (non-hydrogen) atoms. The molecule has 0 spiro atoms. The molecule has 0 saturated heterocycles. The highest BCUT2D eigenvalue weighted by atomic mass is 19.1. The molecule has 3 aromatic rings. The molecule has 0 amide bonds. The number of carbonyl (C=O) groups excluding carboxylic acids is 1. The summed E-state index contributed by atoms with van der Waals surface area (Å²) in [6.45, 7) is 12.5. The number of aryl methyl sites for hydroxylation is 1. The number of carbonyl (C=O) groups is 1. The molecule has 0 aliphatic carbocycles. The van der Waals surface area contributed by atoms with E-state index in [1.165, 1.54) is 7.11 Å². The summed E-state index contributed by atoms with van der Waals surface area (Å²) in [5, 5.41) is 18.5. The largest absolute Gasteiger partial charge is 0.490 e. The van der Waals surface area contributed by atoms with Gasteiger partial charge >= 0.3 is 0 Å². The second-order valence-corrected chi connectivity index (χ2v) is 10.1. The fourth-order valence-electron chi connectivity index (χ4n) is 4.35. The van der Waals surface area contributed by atoms with Crippen LogP contribution >= 0.6 is 0 Å². The lowest BCUT2D eigenvalue weighted by Gasteiger charge is -2.23. The molecule has 7 nitrogen and oxygen atoms in total. The van der Waals surface area contributed by atoms with Crippen LogP contribution in [0, 0.1) is 19.7 Å². The zero-order valence-corrected chi connectivity index (χ0v) is 23.6. The van der Waals surface area contributed by atoms with E-state index in [4.69, 9.17) is 24.7 Å². The first-order valence-electron chi connectivity index (χ1n) is 12.9. The molecule has 4 rings (SSSR count). The quantitative estimate of drug-likeness (QED) is 0.348. The van der Waals surface area contributed by atoms with Gasteiger partial charge in [-0.05, 0) is 101 Å². The van der Waals surface area contributed by atoms with Gasteiger partial charge in [0.2, 0.25) is 0 Å². The summed E-state index contributed by atoms with van der Waals surface area (Å²) in [5.74, 6) is 0.128. The lowest BCUT2D eigenvalue weighted by molar-refractivity contribution is -0.126. The highest BCUT2D eigenvalue weighted by Crippen LogP contribution is 2.41. The van der Waals surface area contributed by atoms with E-state index in [0.29, 0.717) is 25.2 Å². The summed E-state index contributed by atoms with van der Waals surface area (Å²) < 4.78 is 24.5. The SMILES string of the molecule is CC(C)(C)O.CCc1c(C)nc2[nH]c(/C=C/CCO)cc2c1-c1cc(F)c2c(c1C)CCCO2.COC=O. The summed E-state index contributed by atoms with van der Waals surface area (Å²) in [7, 11) is 1.31. The second kappa shape index (κ2) is 14.1. The van der Waals surface area contributed by atoms with Crippen molar-refractivity contribution in [1.82, 2.24) is 9.97 Å². The van der Waals surface area contributed by atoms with E-state index in [1.54, 1.807) is 26.8 Å². The number of methoxy groups -OCH3 is 1. The van der Waals surface area contributed by atoms with Gasteiger partial charge in [0, 0.05) is 28.9 Å². The monoisotopic (exact) mass is 528 g/mol. The topological polar surface area (TPSA) is 105 Å². The Morgan fingerprint density at radius 3 is 2.50 bits per heavy atom. The average Bonchev–Trinajstić information content (AvgIpc) is 3.27. The number of pyridine rings is 1. The lowest BCUT2D eigenvalue weighted by Crippen LogP contribution is -2.12. The van der Waals surface area contributed by atoms with Gasteiger partial charge in [0.15, 0.2) is 11.6 Å². The third kappa shape index (κ3) is 8.13. The first kappa shape index (κ1) is 31.0. The van der Waals surface area contributed by atoms with Crippen LogP contribution in [0.15, 0.2) is 18.2 Å². The predicted molar refractivity (Wildman–Crippen MR) is 150 cm³/mol. The minimum atomic E-state index is -0.500. The molecule has 2 aromatic heterocycles. The number of aliphatic hydroxyl groups is 2. The van der Waals surface area contributed by atoms with Gasteiger partial charge in [-0.3, -0.25) is 4.79 Å². The van der Waals surface area contributed by atoms with E-state index in [-0.39, 0.29) is 12.4 Å². The molecule has 1 aromatic carbocycles. The highest BCUT2D eigenvalue weighted by Gasteiger charge is 2.24. The maximum atomic E-state index is 15.0. The van der Waals surface area contributed by atoms with Crippen LogP contribution in [0.5, 0.6) is 5.75 Å². The van der Waals surface area contributed by atoms with Crippen molar-refractivity contribution in [2.75, 3.05) is 20.3 Å². The number of aliphatic hydroxyl groups excluding tert-OH is 1. The first-order valence-corrected chi connectivity index (χ1v) is 12.9. The number of fused-ring (bicyclic) bond motifs is 2. The summed E-state index contributed by atoms with van der Waals surface area (Å²) in [5.41, 5.74) is 7.36. The van der Waals surface area contributed by atoms with Gasteiger partial charge in [0.1, 0.15) is 5.65 Å². The molecule has 0 radical (unpaired) electrons. The van der Waals surface area contributed by atoms with Crippen LogP contribution in [0.25, 0.3) is 28.2 Å². The average molecular weight is 529 g/mol. The smallest absolute Gasteiger partial charge is 0.292 e. The van der Waals surface area contributed by atoms with Crippen LogP contribution < -0.4 is 4.74 Å². The van der Waals surface area contributed by atoms with Crippen molar-refractivity contribution < 1.29 is 28.9 Å². The van der Waals surface area contributed by atoms with E-state index >= 15 is 0 Å². The fraction of sp³-hybridized carbons (Fsp3) is 0.467. The maximum Gasteiger partial charge on any atom is 0.292 e. The number of benzene rings is 1. The van der Waals surface area contributed by atoms with E-state index in [0.717, 1.165) is 69.5 Å². The Labute approximate surface area is 224 Å². The number of aromatic amines is 1. The molecule has 0 atom stereocenters. The Bertz CT molecular complexity index is 1250. The van der Waals surface area contributed by atoms with E-state index < -0.39 is 5.60 Å². The second-order valence-electron chi connectivity index (χ2n) is 10.1. The van der Waals surface area contributed by atoms with Crippen LogP contribution in [0.4, 0.5) is 4.39 Å². The van der Waals surface area contributed by atoms with E-state index in [9.17, 15) is 4.39 Å². The fourth-order valence-corrected chi connectivity index (χ4v) is 4.35. The molecular weight excluding hydrogens is 487 g/mol. The van der Waals surface area contributed by atoms with Gasteiger partial charge in [-0.25, -0.2) is 9.37 Å². The highest BCUT2D eigenvalue weighted by molar-refractivity contribution is 5.98. The molecule has 1 aliphatic heterocycles. The van der Waals surface area contributed by atoms with Crippen molar-refractivity contribution in [2.45, 2.75) is 72.8 Å². The Morgan fingerprint density at radius 1 is 1.26 bits per heavy atom. The van der Waals surface area contributed by atoms with Crippen molar-refractivity contribution in [2.24, 2.45) is 0 Å². The molecule has 0 unspecified atom stereocenters. The molecule has 208 valence electrons. The van der Waals surface area contributed by atoms with Crippen molar-refractivity contribution in [1.29, 1.82) is 0 Å². The van der Waals surface area contributed by atoms with E-state index in [1.807, 2.05) is 19.1 Å². The van der Waals surface area contributed by atoms with Crippen LogP contribution in [0.2, 0.25) is 0 Å². The molecule has 0 fully saturated rings. The zero-order valence-electron chi connectivity index (χ0n) is 23.6. The molecule has 8 heteroatoms. The third-order valence-electron chi connectivity index (χ3n) is 5.85. The number of halogens is 1. The minimum Gasteiger partial charge on any atom is -0.490 e. The number of hydrogen-bond acceptors (Lipinski definition) is 6. The summed E-state index contributed by atoms with van der Waals surface area (Å²) >= 11 is 0. The normalized spacial score (nSPS) is 12.7. The summed E-state index contributed by atoms with van der Waals surface area (Å²) in [4.78, 5) is 17.1. The third-order valence-corrected chi connectivity index (χ3v) is 5.85. The zero-order chi connectivity index (χ0) is 28.5. The molecule has 1 aliphatic rings. The number of nitrogens with one attached hydrogen (secondary N) is 1. The molecular formula is C30H41FN2O5. The predicted octanol–water partition coefficient (Wildman–Crippen LogP) is 5.84. The van der Waals surface area contributed by atoms with Gasteiger partial charge in [-0.1, -0.05) is 13.0 Å². The number of aromatic nitrogens is 2. The Balaban J connectivity index is 0.000000489. The minimum absolute atomic E-state index is 0.120. The lowest BCUT2D eigenvalue weighted by atomic mass is 9.88. The van der Waals surface area contributed by atoms with Gasteiger partial charge in [0.05, 0.1) is 19.3 Å². The Kier molecular flexibility index (Phi) is 11.5. The number of rotatable bonds is 6. The van der Waals surface area contributed by atoms with E-state index in [2.05, 4.69) is 29.6 Å². The number of hydrogen-bond donors (Lipinski definition) is 3. The van der Waals surface area contributed by atoms with Gasteiger partial charge < -0.3 is 24.7 Å². The van der Waals surface area contributed by atoms with Crippen LogP contribution in [0.1, 0.15) is 68.6 Å². The standard InChI is InChI=1S/C24H27FN2O2.C4H10O.C2H4O2/c1-4-17-15(3)26-24-20(12-16(27-24)8-5-6-10-28)22(17)19-13-21(25)23-18(14(19)2)9-7-11-29-23;1-4(2,3)5;1-4-2-3/h5,8,12-13,28H,4,6-7,9-11H2,1-3H3,(H,26,27);5H,1-3H3;2H,1H3/b8-5+;;. The Hall–Kier alpha value is -3.23. The number of nitrogens with zero attached hydrogens (tertiary/aromatic N) is 1. The maximum absolute atomic E-state index is 15.0. The van der Waals surface area contributed by atoms with Gasteiger partial charge in [0.25, 0.3) is 6.47 Å². The van der Waals surface area contributed by atoms with Crippen molar-refractivity contribution in [3.05, 3.63) is 52.1 Å². The molecule has 0 bridgehead atoms.